The molecule has 0 saturated carbocycles. The lowest BCUT2D eigenvalue weighted by Crippen LogP contribution is -2.49. The Morgan fingerprint density at radius 1 is 0.962 bits per heavy atom. The number of hydrogen-bond donors (Lipinski definition) is 0. The number of amides is 1. The van der Waals surface area contributed by atoms with E-state index in [0.29, 0.717) is 6.42 Å². The van der Waals surface area contributed by atoms with Gasteiger partial charge in [-0.15, -0.1) is 0 Å². The van der Waals surface area contributed by atoms with Gasteiger partial charge in [-0.2, -0.15) is 0 Å². The standard InChI is InChI=1S/C23H28N2O/c1-19-10-11-22(17-20(19)2)18-23(26)25-15-13-24(14-16-25)12-6-9-21-7-4-3-5-8-21/h3-11,17H,12-16,18H2,1-2H3/b9-6+. The number of hydrogen-bond acceptors (Lipinski definition) is 2. The molecule has 3 nitrogen and oxygen atoms in total. The second-order valence-corrected chi connectivity index (χ2v) is 7.09. The van der Waals surface area contributed by atoms with Crippen molar-refractivity contribution in [3.8, 4) is 0 Å². The quantitative estimate of drug-likeness (QED) is 0.822. The van der Waals surface area contributed by atoms with Crippen molar-refractivity contribution in [3.63, 3.8) is 0 Å². The van der Waals surface area contributed by atoms with Crippen molar-refractivity contribution < 1.29 is 4.79 Å². The zero-order chi connectivity index (χ0) is 18.4. The topological polar surface area (TPSA) is 23.6 Å². The van der Waals surface area contributed by atoms with Gasteiger partial charge in [-0.1, -0.05) is 60.7 Å². The predicted octanol–water partition coefficient (Wildman–Crippen LogP) is 3.70. The fourth-order valence-corrected chi connectivity index (χ4v) is 3.28. The van der Waals surface area contributed by atoms with E-state index in [4.69, 9.17) is 0 Å². The normalized spacial score (nSPS) is 15.5. The molecule has 0 atom stereocenters. The van der Waals surface area contributed by atoms with E-state index < -0.39 is 0 Å². The van der Waals surface area contributed by atoms with Gasteiger partial charge in [0, 0.05) is 32.7 Å². The molecule has 0 radical (unpaired) electrons. The summed E-state index contributed by atoms with van der Waals surface area (Å²) >= 11 is 0. The van der Waals surface area contributed by atoms with Gasteiger partial charge in [0.2, 0.25) is 5.91 Å². The van der Waals surface area contributed by atoms with Gasteiger partial charge in [-0.25, -0.2) is 0 Å². The van der Waals surface area contributed by atoms with Crippen molar-refractivity contribution >= 4 is 12.0 Å². The van der Waals surface area contributed by atoms with Gasteiger partial charge < -0.3 is 4.90 Å². The molecule has 0 aliphatic carbocycles. The zero-order valence-electron chi connectivity index (χ0n) is 15.8. The van der Waals surface area contributed by atoms with Gasteiger partial charge in [0.1, 0.15) is 0 Å². The number of nitrogens with zero attached hydrogens (tertiary/aromatic N) is 2. The summed E-state index contributed by atoms with van der Waals surface area (Å²) in [5.74, 6) is 0.243. The summed E-state index contributed by atoms with van der Waals surface area (Å²) in [5, 5.41) is 0. The molecule has 1 fully saturated rings. The SMILES string of the molecule is Cc1ccc(CC(=O)N2CCN(C/C=C/c3ccccc3)CC2)cc1C. The first kappa shape index (κ1) is 18.4. The zero-order valence-corrected chi connectivity index (χ0v) is 15.8. The molecule has 1 heterocycles. The average molecular weight is 348 g/mol. The molecule has 136 valence electrons. The number of carbonyl (C=O) groups excluding carboxylic acids is 1. The molecule has 3 rings (SSSR count). The summed E-state index contributed by atoms with van der Waals surface area (Å²) in [5.41, 5.74) is 4.88. The van der Waals surface area contributed by atoms with Crippen LogP contribution in [0.5, 0.6) is 0 Å². The van der Waals surface area contributed by atoms with Crippen LogP contribution in [0.1, 0.15) is 22.3 Å². The minimum absolute atomic E-state index is 0.243. The van der Waals surface area contributed by atoms with Crippen LogP contribution in [0, 0.1) is 13.8 Å². The smallest absolute Gasteiger partial charge is 0.227 e. The highest BCUT2D eigenvalue weighted by Gasteiger charge is 2.20. The maximum atomic E-state index is 12.6. The molecular formula is C23H28N2O. The summed E-state index contributed by atoms with van der Waals surface area (Å²) < 4.78 is 0. The van der Waals surface area contributed by atoms with Gasteiger partial charge in [0.25, 0.3) is 0 Å². The molecule has 0 N–H and O–H groups in total. The van der Waals surface area contributed by atoms with Gasteiger partial charge in [-0.3, -0.25) is 9.69 Å². The van der Waals surface area contributed by atoms with E-state index in [-0.39, 0.29) is 5.91 Å². The third kappa shape index (κ3) is 5.06. The molecule has 2 aromatic rings. The summed E-state index contributed by atoms with van der Waals surface area (Å²) in [6.07, 6.45) is 4.88. The van der Waals surface area contributed by atoms with Crippen LogP contribution in [0.25, 0.3) is 6.08 Å². The number of piperazine rings is 1. The van der Waals surface area contributed by atoms with E-state index in [1.54, 1.807) is 0 Å². The summed E-state index contributed by atoms with van der Waals surface area (Å²) in [7, 11) is 0. The Labute approximate surface area is 156 Å². The van der Waals surface area contributed by atoms with Crippen LogP contribution in [0.4, 0.5) is 0 Å². The highest BCUT2D eigenvalue weighted by Crippen LogP contribution is 2.12. The Kier molecular flexibility index (Phi) is 6.24. The minimum Gasteiger partial charge on any atom is -0.340 e. The van der Waals surface area contributed by atoms with Crippen LogP contribution in [-0.4, -0.2) is 48.4 Å². The number of rotatable bonds is 5. The van der Waals surface area contributed by atoms with Crippen LogP contribution < -0.4 is 0 Å². The molecule has 0 unspecified atom stereocenters. The van der Waals surface area contributed by atoms with Crippen LogP contribution in [0.3, 0.4) is 0 Å². The molecular weight excluding hydrogens is 320 g/mol. The molecule has 0 aromatic heterocycles. The average Bonchev–Trinajstić information content (AvgIpc) is 2.66. The molecule has 1 amide bonds. The maximum Gasteiger partial charge on any atom is 0.227 e. The molecule has 0 bridgehead atoms. The van der Waals surface area contributed by atoms with Crippen molar-refractivity contribution in [1.29, 1.82) is 0 Å². The van der Waals surface area contributed by atoms with Crippen molar-refractivity contribution in [2.75, 3.05) is 32.7 Å². The van der Waals surface area contributed by atoms with Gasteiger partial charge >= 0.3 is 0 Å². The van der Waals surface area contributed by atoms with Crippen molar-refractivity contribution in [2.24, 2.45) is 0 Å². The van der Waals surface area contributed by atoms with Gasteiger partial charge in [0.05, 0.1) is 6.42 Å². The van der Waals surface area contributed by atoms with Crippen LogP contribution in [-0.2, 0) is 11.2 Å². The summed E-state index contributed by atoms with van der Waals surface area (Å²) in [6, 6.07) is 16.7. The predicted molar refractivity (Wildman–Crippen MR) is 108 cm³/mol. The fraction of sp³-hybridized carbons (Fsp3) is 0.348. The molecule has 26 heavy (non-hydrogen) atoms. The van der Waals surface area contributed by atoms with Crippen molar-refractivity contribution in [3.05, 3.63) is 76.9 Å². The molecule has 1 aliphatic rings. The molecule has 3 heteroatoms. The van der Waals surface area contributed by atoms with E-state index >= 15 is 0 Å². The second kappa shape index (κ2) is 8.81. The Bertz CT molecular complexity index is 759. The largest absolute Gasteiger partial charge is 0.340 e. The van der Waals surface area contributed by atoms with Gasteiger partial charge in [-0.05, 0) is 36.1 Å². The van der Waals surface area contributed by atoms with Crippen molar-refractivity contribution in [2.45, 2.75) is 20.3 Å². The first-order chi connectivity index (χ1) is 12.6. The summed E-state index contributed by atoms with van der Waals surface area (Å²) in [4.78, 5) is 17.0. The van der Waals surface area contributed by atoms with E-state index in [9.17, 15) is 4.79 Å². The second-order valence-electron chi connectivity index (χ2n) is 7.09. The summed E-state index contributed by atoms with van der Waals surface area (Å²) in [6.45, 7) is 8.67. The van der Waals surface area contributed by atoms with Crippen molar-refractivity contribution in [1.82, 2.24) is 9.80 Å². The van der Waals surface area contributed by atoms with Gasteiger partial charge in [0.15, 0.2) is 0 Å². The molecule has 1 aliphatic heterocycles. The highest BCUT2D eigenvalue weighted by atomic mass is 16.2. The van der Waals surface area contributed by atoms with Crippen LogP contribution >= 0.6 is 0 Å². The lowest BCUT2D eigenvalue weighted by molar-refractivity contribution is -0.132. The molecule has 1 saturated heterocycles. The Morgan fingerprint density at radius 2 is 1.69 bits per heavy atom. The Morgan fingerprint density at radius 3 is 2.38 bits per heavy atom. The first-order valence-electron chi connectivity index (χ1n) is 9.39. The lowest BCUT2D eigenvalue weighted by Gasteiger charge is -2.34. The fourth-order valence-electron chi connectivity index (χ4n) is 3.28. The monoisotopic (exact) mass is 348 g/mol. The lowest BCUT2D eigenvalue weighted by atomic mass is 10.0. The van der Waals surface area contributed by atoms with E-state index in [1.165, 1.54) is 16.7 Å². The Hall–Kier alpha value is -2.39. The number of carbonyl (C=O) groups is 1. The third-order valence-electron chi connectivity index (χ3n) is 5.13. The molecule has 0 spiro atoms. The first-order valence-corrected chi connectivity index (χ1v) is 9.39. The minimum atomic E-state index is 0.243. The van der Waals surface area contributed by atoms with Crippen LogP contribution in [0.15, 0.2) is 54.6 Å². The maximum absolute atomic E-state index is 12.6. The molecule has 2 aromatic carbocycles. The van der Waals surface area contributed by atoms with E-state index in [1.807, 2.05) is 11.0 Å². The van der Waals surface area contributed by atoms with E-state index in [2.05, 4.69) is 73.4 Å². The number of benzene rings is 2. The van der Waals surface area contributed by atoms with Crippen LogP contribution in [0.2, 0.25) is 0 Å². The Balaban J connectivity index is 1.44. The third-order valence-corrected chi connectivity index (χ3v) is 5.13. The highest BCUT2D eigenvalue weighted by molar-refractivity contribution is 5.79. The number of aryl methyl sites for hydroxylation is 2. The van der Waals surface area contributed by atoms with E-state index in [0.717, 1.165) is 38.3 Å².